The van der Waals surface area contributed by atoms with Crippen molar-refractivity contribution in [3.8, 4) is 0 Å². The lowest BCUT2D eigenvalue weighted by Gasteiger charge is -2.05. The summed E-state index contributed by atoms with van der Waals surface area (Å²) in [7, 11) is 0. The topological polar surface area (TPSA) is 118 Å². The molecule has 0 aliphatic carbocycles. The predicted molar refractivity (Wildman–Crippen MR) is 42.4 cm³/mol. The molecule has 1 atom stereocenters. The number of hydrogen-bond acceptors (Lipinski definition) is 3. The van der Waals surface area contributed by atoms with E-state index in [4.69, 9.17) is 16.6 Å². The maximum absolute atomic E-state index is 10.2. The quantitative estimate of drug-likeness (QED) is 0.312. The number of carboxylic acid groups (broad SMARTS) is 1. The van der Waals surface area contributed by atoms with Crippen LogP contribution in [0.2, 0.25) is 0 Å². The molecule has 0 rings (SSSR count). The van der Waals surface area contributed by atoms with Gasteiger partial charge >= 0.3 is 12.0 Å². The lowest BCUT2D eigenvalue weighted by molar-refractivity contribution is -0.138. The molecule has 70 valence electrons. The average molecular weight is 176 g/mol. The summed E-state index contributed by atoms with van der Waals surface area (Å²) in [6.45, 7) is 0.357. The highest BCUT2D eigenvalue weighted by molar-refractivity contribution is 5.73. The molecular formula is C6H13N3O3. The van der Waals surface area contributed by atoms with E-state index in [2.05, 4.69) is 5.32 Å². The number of nitrogens with two attached hydrogens (primary N) is 2. The summed E-state index contributed by atoms with van der Waals surface area (Å²) < 4.78 is 0. The van der Waals surface area contributed by atoms with E-state index in [1.165, 1.54) is 0 Å². The Morgan fingerprint density at radius 2 is 2.08 bits per heavy atom. The molecule has 6 nitrogen and oxygen atoms in total. The normalized spacial score (nSPS) is 12.1. The van der Waals surface area contributed by atoms with Crippen molar-refractivity contribution < 1.29 is 14.7 Å². The molecule has 0 radical (unpaired) electrons. The molecule has 6 heteroatoms. The number of carboxylic acids is 1. The fourth-order valence-corrected chi connectivity index (χ4v) is 0.657. The van der Waals surface area contributed by atoms with Crippen LogP contribution in [0.4, 0.5) is 4.79 Å². The van der Waals surface area contributed by atoms with E-state index in [0.29, 0.717) is 19.4 Å². The van der Waals surface area contributed by atoms with Crippen LogP contribution in [0.1, 0.15) is 12.8 Å². The molecule has 0 spiro atoms. The molecule has 2 amide bonds. The number of carbonyl (C=O) groups excluding carboxylic acids is 1. The van der Waals surface area contributed by atoms with Gasteiger partial charge in [-0.3, -0.25) is 4.79 Å². The summed E-state index contributed by atoms with van der Waals surface area (Å²) in [5.41, 5.74) is 9.96. The summed E-state index contributed by atoms with van der Waals surface area (Å²) >= 11 is 0. The van der Waals surface area contributed by atoms with Crippen molar-refractivity contribution in [2.45, 2.75) is 18.9 Å². The van der Waals surface area contributed by atoms with Crippen LogP contribution in [0.5, 0.6) is 0 Å². The third-order valence-electron chi connectivity index (χ3n) is 1.31. The molecule has 0 fully saturated rings. The maximum atomic E-state index is 10.2. The van der Waals surface area contributed by atoms with Crippen molar-refractivity contribution in [3.63, 3.8) is 0 Å². The standard InChI is InChI=1S/C6H13N3O3/c7-4(5(10)11)2-1-3-9-6(8)12/h4H,1-3,7H2,(H,10,11)(H3,8,9,12)/t4-/m0/s1/i3+1. The Morgan fingerprint density at radius 3 is 2.50 bits per heavy atom. The van der Waals surface area contributed by atoms with Crippen molar-refractivity contribution >= 4 is 12.0 Å². The molecule has 0 aromatic heterocycles. The second-order valence-electron chi connectivity index (χ2n) is 2.38. The Kier molecular flexibility index (Phi) is 4.78. The Hall–Kier alpha value is -1.30. The number of nitrogens with one attached hydrogen (secondary N) is 1. The van der Waals surface area contributed by atoms with E-state index in [1.54, 1.807) is 0 Å². The first-order chi connectivity index (χ1) is 5.54. The first kappa shape index (κ1) is 10.7. The zero-order valence-electron chi connectivity index (χ0n) is 6.62. The second kappa shape index (κ2) is 5.36. The third-order valence-corrected chi connectivity index (χ3v) is 1.31. The number of rotatable bonds is 5. The van der Waals surface area contributed by atoms with Crippen molar-refractivity contribution in [3.05, 3.63) is 0 Å². The number of hydrogen-bond donors (Lipinski definition) is 4. The van der Waals surface area contributed by atoms with Crippen molar-refractivity contribution in [1.29, 1.82) is 0 Å². The lowest BCUT2D eigenvalue weighted by atomic mass is 10.2. The number of carbonyl (C=O) groups is 2. The molecule has 0 saturated carbocycles. The molecule has 0 aromatic carbocycles. The Bertz CT molecular complexity index is 171. The molecule has 0 aromatic rings. The number of urea groups is 1. The number of aliphatic carboxylic acids is 1. The number of amides is 2. The highest BCUT2D eigenvalue weighted by Crippen LogP contribution is 1.92. The van der Waals surface area contributed by atoms with Crippen molar-refractivity contribution in [1.82, 2.24) is 5.32 Å². The van der Waals surface area contributed by atoms with Crippen molar-refractivity contribution in [2.75, 3.05) is 6.54 Å². The monoisotopic (exact) mass is 176 g/mol. The number of primary amides is 1. The highest BCUT2D eigenvalue weighted by atomic mass is 16.4. The zero-order chi connectivity index (χ0) is 9.56. The van der Waals surface area contributed by atoms with Gasteiger partial charge in [-0.25, -0.2) is 4.79 Å². The highest BCUT2D eigenvalue weighted by Gasteiger charge is 2.09. The van der Waals surface area contributed by atoms with Crippen LogP contribution in [-0.4, -0.2) is 29.7 Å². The van der Waals surface area contributed by atoms with Gasteiger partial charge in [-0.1, -0.05) is 0 Å². The molecule has 0 unspecified atom stereocenters. The van der Waals surface area contributed by atoms with Crippen LogP contribution >= 0.6 is 0 Å². The van der Waals surface area contributed by atoms with Gasteiger partial charge in [0.15, 0.2) is 0 Å². The summed E-state index contributed by atoms with van der Waals surface area (Å²) in [6, 6.07) is -1.47. The van der Waals surface area contributed by atoms with Crippen LogP contribution in [-0.2, 0) is 4.79 Å². The Balaban J connectivity index is 3.31. The van der Waals surface area contributed by atoms with Crippen LogP contribution in [0.25, 0.3) is 0 Å². The SMILES string of the molecule is NC(=O)N[13CH2]CC[C@H](N)C(=O)O. The average Bonchev–Trinajstić information content (AvgIpc) is 1.97. The fourth-order valence-electron chi connectivity index (χ4n) is 0.657. The molecule has 0 bridgehead atoms. The summed E-state index contributed by atoms with van der Waals surface area (Å²) in [4.78, 5) is 20.3. The van der Waals surface area contributed by atoms with Crippen LogP contribution in [0, 0.1) is 0 Å². The van der Waals surface area contributed by atoms with E-state index in [1.807, 2.05) is 0 Å². The fraction of sp³-hybridized carbons (Fsp3) is 0.667. The Labute approximate surface area is 69.9 Å². The zero-order valence-corrected chi connectivity index (χ0v) is 6.62. The Morgan fingerprint density at radius 1 is 1.50 bits per heavy atom. The largest absolute Gasteiger partial charge is 0.480 e. The van der Waals surface area contributed by atoms with Gasteiger partial charge in [0.05, 0.1) is 0 Å². The minimum Gasteiger partial charge on any atom is -0.480 e. The van der Waals surface area contributed by atoms with Gasteiger partial charge in [0.1, 0.15) is 6.04 Å². The minimum atomic E-state index is -1.03. The molecule has 0 heterocycles. The molecule has 0 saturated heterocycles. The van der Waals surface area contributed by atoms with Crippen LogP contribution in [0.15, 0.2) is 0 Å². The minimum absolute atomic E-state index is 0.329. The first-order valence-corrected chi connectivity index (χ1v) is 3.55. The summed E-state index contributed by atoms with van der Waals surface area (Å²) in [5, 5.41) is 10.7. The van der Waals surface area contributed by atoms with E-state index in [-0.39, 0.29) is 0 Å². The van der Waals surface area contributed by atoms with Crippen LogP contribution < -0.4 is 16.8 Å². The van der Waals surface area contributed by atoms with Gasteiger partial charge in [-0.2, -0.15) is 0 Å². The van der Waals surface area contributed by atoms with Gasteiger partial charge in [0, 0.05) is 6.54 Å². The molecule has 6 N–H and O–H groups in total. The summed E-state index contributed by atoms with van der Waals surface area (Å²) in [6.07, 6.45) is 0.839. The van der Waals surface area contributed by atoms with Gasteiger partial charge in [0.25, 0.3) is 0 Å². The first-order valence-electron chi connectivity index (χ1n) is 3.55. The molecule has 0 aliphatic rings. The molecular weight excluding hydrogens is 163 g/mol. The van der Waals surface area contributed by atoms with E-state index >= 15 is 0 Å². The van der Waals surface area contributed by atoms with Gasteiger partial charge < -0.3 is 21.9 Å². The third kappa shape index (κ3) is 5.48. The van der Waals surface area contributed by atoms with E-state index in [0.717, 1.165) is 0 Å². The lowest BCUT2D eigenvalue weighted by Crippen LogP contribution is -2.33. The van der Waals surface area contributed by atoms with Gasteiger partial charge in [-0.05, 0) is 12.8 Å². The van der Waals surface area contributed by atoms with Crippen molar-refractivity contribution in [2.24, 2.45) is 11.5 Å². The summed E-state index contributed by atoms with van der Waals surface area (Å²) in [5.74, 6) is -1.03. The smallest absolute Gasteiger partial charge is 0.320 e. The second-order valence-corrected chi connectivity index (χ2v) is 2.38. The van der Waals surface area contributed by atoms with Gasteiger partial charge in [-0.15, -0.1) is 0 Å². The molecule has 0 aliphatic heterocycles. The van der Waals surface area contributed by atoms with E-state index < -0.39 is 18.0 Å². The predicted octanol–water partition coefficient (Wildman–Crippen LogP) is -1.15. The molecule has 12 heavy (non-hydrogen) atoms. The van der Waals surface area contributed by atoms with E-state index in [9.17, 15) is 9.59 Å². The van der Waals surface area contributed by atoms with Crippen LogP contribution in [0.3, 0.4) is 0 Å². The van der Waals surface area contributed by atoms with Gasteiger partial charge in [0.2, 0.25) is 0 Å². The maximum Gasteiger partial charge on any atom is 0.320 e.